The van der Waals surface area contributed by atoms with E-state index in [0.29, 0.717) is 11.2 Å². The number of imidazole rings is 1. The normalized spacial score (nSPS) is 38.5. The number of nitrogens with two attached hydrogens (primary N) is 2. The van der Waals surface area contributed by atoms with E-state index in [1.54, 1.807) is 4.68 Å². The van der Waals surface area contributed by atoms with Crippen LogP contribution in [0.2, 0.25) is 0 Å². The third-order valence-electron chi connectivity index (χ3n) is 6.12. The standard InChI is InChI=1S/C16H26N4/c1-2-14-19-13(15(17)20(14)18)9-16-6-10-3-11(7-16)5-12(4-10)8-16/h10-12H,2-9,17-18H2,1H3. The number of aromatic nitrogens is 2. The molecule has 0 atom stereocenters. The van der Waals surface area contributed by atoms with Crippen molar-refractivity contribution in [1.29, 1.82) is 0 Å². The Balaban J connectivity index is 1.63. The van der Waals surface area contributed by atoms with Gasteiger partial charge in [-0.15, -0.1) is 0 Å². The molecule has 1 aromatic heterocycles. The fourth-order valence-electron chi connectivity index (χ4n) is 5.79. The molecule has 4 nitrogen and oxygen atoms in total. The second-order valence-electron chi connectivity index (χ2n) is 7.68. The molecule has 4 heteroatoms. The topological polar surface area (TPSA) is 69.9 Å². The van der Waals surface area contributed by atoms with Crippen molar-refractivity contribution in [1.82, 2.24) is 9.66 Å². The van der Waals surface area contributed by atoms with Crippen molar-refractivity contribution in [3.8, 4) is 0 Å². The monoisotopic (exact) mass is 274 g/mol. The highest BCUT2D eigenvalue weighted by Crippen LogP contribution is 2.61. The lowest BCUT2D eigenvalue weighted by atomic mass is 9.48. The quantitative estimate of drug-likeness (QED) is 0.832. The summed E-state index contributed by atoms with van der Waals surface area (Å²) in [4.78, 5) is 4.72. The van der Waals surface area contributed by atoms with E-state index in [9.17, 15) is 0 Å². The molecule has 4 fully saturated rings. The Kier molecular flexibility index (Phi) is 2.60. The van der Waals surface area contributed by atoms with E-state index in [4.69, 9.17) is 16.6 Å². The van der Waals surface area contributed by atoms with Crippen molar-refractivity contribution in [2.75, 3.05) is 11.6 Å². The van der Waals surface area contributed by atoms with Crippen molar-refractivity contribution in [2.45, 2.75) is 58.3 Å². The second-order valence-corrected chi connectivity index (χ2v) is 7.68. The van der Waals surface area contributed by atoms with Crippen LogP contribution in [0.15, 0.2) is 0 Å². The number of hydrogen-bond acceptors (Lipinski definition) is 3. The van der Waals surface area contributed by atoms with E-state index in [0.717, 1.165) is 42.1 Å². The Bertz CT molecular complexity index is 496. The van der Waals surface area contributed by atoms with Crippen LogP contribution in [0, 0.1) is 23.2 Å². The first kappa shape index (κ1) is 12.5. The van der Waals surface area contributed by atoms with Gasteiger partial charge >= 0.3 is 0 Å². The van der Waals surface area contributed by atoms with Crippen LogP contribution < -0.4 is 11.6 Å². The zero-order valence-corrected chi connectivity index (χ0v) is 12.4. The zero-order chi connectivity index (χ0) is 13.9. The van der Waals surface area contributed by atoms with Crippen molar-refractivity contribution in [3.63, 3.8) is 0 Å². The first-order chi connectivity index (χ1) is 9.58. The minimum atomic E-state index is 0.488. The second kappa shape index (κ2) is 4.15. The smallest absolute Gasteiger partial charge is 0.146 e. The first-order valence-electron chi connectivity index (χ1n) is 8.19. The summed E-state index contributed by atoms with van der Waals surface area (Å²) in [7, 11) is 0. The summed E-state index contributed by atoms with van der Waals surface area (Å²) in [6.07, 6.45) is 10.6. The minimum absolute atomic E-state index is 0.488. The summed E-state index contributed by atoms with van der Waals surface area (Å²) in [6.45, 7) is 2.08. The van der Waals surface area contributed by atoms with Crippen LogP contribution in [0.3, 0.4) is 0 Å². The molecule has 0 unspecified atom stereocenters. The van der Waals surface area contributed by atoms with Crippen LogP contribution in [0.1, 0.15) is 57.0 Å². The van der Waals surface area contributed by atoms with Gasteiger partial charge in [0.25, 0.3) is 0 Å². The van der Waals surface area contributed by atoms with E-state index in [2.05, 4.69) is 6.92 Å². The molecule has 0 amide bonds. The highest BCUT2D eigenvalue weighted by Gasteiger charge is 2.51. The molecule has 0 aromatic carbocycles. The van der Waals surface area contributed by atoms with Crippen molar-refractivity contribution in [3.05, 3.63) is 11.5 Å². The van der Waals surface area contributed by atoms with Gasteiger partial charge in [0.1, 0.15) is 11.6 Å². The van der Waals surface area contributed by atoms with E-state index in [1.165, 1.54) is 38.5 Å². The largest absolute Gasteiger partial charge is 0.382 e. The van der Waals surface area contributed by atoms with Gasteiger partial charge in [0, 0.05) is 6.42 Å². The summed E-state index contributed by atoms with van der Waals surface area (Å²) >= 11 is 0. The third kappa shape index (κ3) is 1.76. The molecule has 5 rings (SSSR count). The average Bonchev–Trinajstić information content (AvgIpc) is 2.64. The van der Waals surface area contributed by atoms with Gasteiger partial charge in [-0.1, -0.05) is 6.92 Å². The Morgan fingerprint density at radius 2 is 1.70 bits per heavy atom. The molecule has 4 aliphatic rings. The summed E-state index contributed by atoms with van der Waals surface area (Å²) in [5.74, 6) is 10.6. The first-order valence-corrected chi connectivity index (χ1v) is 8.19. The number of hydrogen-bond donors (Lipinski definition) is 2. The molecule has 4 saturated carbocycles. The number of nitrogen functional groups attached to an aromatic ring is 2. The van der Waals surface area contributed by atoms with Crippen molar-refractivity contribution >= 4 is 5.82 Å². The molecule has 110 valence electrons. The van der Waals surface area contributed by atoms with Crippen LogP contribution in [-0.2, 0) is 12.8 Å². The molecule has 0 radical (unpaired) electrons. The Hall–Kier alpha value is -1.19. The van der Waals surface area contributed by atoms with Gasteiger partial charge in [0.05, 0.1) is 5.69 Å². The highest BCUT2D eigenvalue weighted by atomic mass is 15.4. The predicted molar refractivity (Wildman–Crippen MR) is 80.5 cm³/mol. The maximum Gasteiger partial charge on any atom is 0.146 e. The zero-order valence-electron chi connectivity index (χ0n) is 12.4. The fraction of sp³-hybridized carbons (Fsp3) is 0.812. The fourth-order valence-corrected chi connectivity index (χ4v) is 5.79. The van der Waals surface area contributed by atoms with Crippen LogP contribution >= 0.6 is 0 Å². The molecular formula is C16H26N4. The van der Waals surface area contributed by atoms with Gasteiger partial charge in [-0.2, -0.15) is 0 Å². The van der Waals surface area contributed by atoms with Gasteiger partial charge in [-0.3, -0.25) is 0 Å². The summed E-state index contributed by atoms with van der Waals surface area (Å²) in [5, 5.41) is 0. The predicted octanol–water partition coefficient (Wildman–Crippen LogP) is 2.50. The third-order valence-corrected chi connectivity index (χ3v) is 6.12. The molecule has 0 saturated heterocycles. The minimum Gasteiger partial charge on any atom is -0.382 e. The molecule has 1 aromatic rings. The van der Waals surface area contributed by atoms with Crippen LogP contribution in [0.25, 0.3) is 0 Å². The highest BCUT2D eigenvalue weighted by molar-refractivity contribution is 5.39. The van der Waals surface area contributed by atoms with Gasteiger partial charge in [-0.05, 0) is 68.1 Å². The van der Waals surface area contributed by atoms with Crippen molar-refractivity contribution in [2.24, 2.45) is 23.2 Å². The van der Waals surface area contributed by atoms with E-state index >= 15 is 0 Å². The van der Waals surface area contributed by atoms with Crippen LogP contribution in [0.4, 0.5) is 5.82 Å². The number of rotatable bonds is 3. The average molecular weight is 274 g/mol. The maximum atomic E-state index is 6.18. The Morgan fingerprint density at radius 1 is 1.15 bits per heavy atom. The Labute approximate surface area is 120 Å². The summed E-state index contributed by atoms with van der Waals surface area (Å²) < 4.78 is 1.59. The number of anilines is 1. The van der Waals surface area contributed by atoms with Gasteiger partial charge < -0.3 is 11.6 Å². The van der Waals surface area contributed by atoms with Crippen LogP contribution in [0.5, 0.6) is 0 Å². The lowest BCUT2D eigenvalue weighted by molar-refractivity contribution is -0.0525. The molecule has 0 aliphatic heterocycles. The molecule has 4 aliphatic carbocycles. The molecule has 0 spiro atoms. The summed E-state index contributed by atoms with van der Waals surface area (Å²) in [5.41, 5.74) is 7.73. The van der Waals surface area contributed by atoms with E-state index < -0.39 is 0 Å². The molecule has 4 bridgehead atoms. The van der Waals surface area contributed by atoms with Gasteiger partial charge in [0.15, 0.2) is 0 Å². The Morgan fingerprint density at radius 3 is 2.15 bits per heavy atom. The maximum absolute atomic E-state index is 6.18. The summed E-state index contributed by atoms with van der Waals surface area (Å²) in [6, 6.07) is 0. The van der Waals surface area contributed by atoms with E-state index in [-0.39, 0.29) is 0 Å². The molecule has 4 N–H and O–H groups in total. The number of nitrogens with zero attached hydrogens (tertiary/aromatic N) is 2. The molecular weight excluding hydrogens is 248 g/mol. The van der Waals surface area contributed by atoms with Gasteiger partial charge in [0.2, 0.25) is 0 Å². The molecule has 20 heavy (non-hydrogen) atoms. The lowest BCUT2D eigenvalue weighted by Crippen LogP contribution is -2.47. The van der Waals surface area contributed by atoms with Crippen molar-refractivity contribution < 1.29 is 0 Å². The van der Waals surface area contributed by atoms with Gasteiger partial charge in [-0.25, -0.2) is 9.66 Å². The SMILES string of the molecule is CCc1nc(CC23CC4CC(CC(C4)C2)C3)c(N)n1N. The molecule has 1 heterocycles. The number of aryl methyl sites for hydroxylation is 1. The lowest BCUT2D eigenvalue weighted by Gasteiger charge is -2.56. The van der Waals surface area contributed by atoms with E-state index in [1.807, 2.05) is 0 Å². The van der Waals surface area contributed by atoms with Crippen LogP contribution in [-0.4, -0.2) is 9.66 Å².